The number of hydrogen-bond acceptors (Lipinski definition) is 2. The minimum Gasteiger partial charge on any atom is -0.390 e. The minimum absolute atomic E-state index is 0.0232. The third-order valence-corrected chi connectivity index (χ3v) is 6.63. The maximum absolute atomic E-state index is 13.1. The summed E-state index contributed by atoms with van der Waals surface area (Å²) in [5.74, 6) is 0.472. The second kappa shape index (κ2) is 6.01. The Morgan fingerprint density at radius 1 is 1.23 bits per heavy atom. The number of aliphatic hydroxyl groups is 1. The van der Waals surface area contributed by atoms with Gasteiger partial charge >= 0.3 is 0 Å². The monoisotopic (exact) mass is 363 g/mol. The summed E-state index contributed by atoms with van der Waals surface area (Å²) in [6.45, 7) is 5.23. The summed E-state index contributed by atoms with van der Waals surface area (Å²) >= 11 is 0. The lowest BCUT2D eigenvalue weighted by Crippen LogP contribution is -2.61. The molecule has 3 aliphatic rings. The van der Waals surface area contributed by atoms with Crippen LogP contribution in [0, 0.1) is 18.3 Å². The Morgan fingerprint density at radius 2 is 1.92 bits per heavy atom. The van der Waals surface area contributed by atoms with Gasteiger partial charge in [0.1, 0.15) is 0 Å². The number of carbonyl (C=O) groups excluding carboxylic acids is 1. The maximum Gasteiger partial charge on any atom is 0.263 e. The van der Waals surface area contributed by atoms with Crippen molar-refractivity contribution in [2.24, 2.45) is 11.3 Å². The van der Waals surface area contributed by atoms with Gasteiger partial charge in [-0.25, -0.2) is 8.78 Å². The van der Waals surface area contributed by atoms with Crippen LogP contribution in [0.5, 0.6) is 0 Å². The smallest absolute Gasteiger partial charge is 0.263 e. The third kappa shape index (κ3) is 3.15. The van der Waals surface area contributed by atoms with Gasteiger partial charge in [0.25, 0.3) is 6.43 Å². The molecular weight excluding hydrogens is 336 g/mol. The number of alkyl halides is 2. The Kier molecular flexibility index (Phi) is 4.14. The molecule has 142 valence electrons. The fourth-order valence-corrected chi connectivity index (χ4v) is 5.34. The Bertz CT molecular complexity index is 717. The van der Waals surface area contributed by atoms with Crippen molar-refractivity contribution in [1.82, 2.24) is 4.90 Å². The summed E-state index contributed by atoms with van der Waals surface area (Å²) in [4.78, 5) is 14.4. The predicted octanol–water partition coefficient (Wildman–Crippen LogP) is 4.19. The molecule has 4 rings (SSSR count). The molecule has 1 heterocycles. The molecule has 1 atom stereocenters. The molecule has 2 aliphatic carbocycles. The number of halogens is 2. The first-order chi connectivity index (χ1) is 12.2. The Hall–Kier alpha value is -1.49. The number of carbonyl (C=O) groups is 1. The van der Waals surface area contributed by atoms with E-state index in [-0.39, 0.29) is 22.8 Å². The lowest BCUT2D eigenvalue weighted by molar-refractivity contribution is -0.161. The van der Waals surface area contributed by atoms with Gasteiger partial charge in [-0.05, 0) is 63.5 Å². The highest BCUT2D eigenvalue weighted by Gasteiger charge is 2.53. The molecule has 3 nitrogen and oxygen atoms in total. The van der Waals surface area contributed by atoms with Crippen LogP contribution in [0.1, 0.15) is 68.1 Å². The summed E-state index contributed by atoms with van der Waals surface area (Å²) in [6, 6.07) is 5.27. The molecule has 1 aromatic rings. The van der Waals surface area contributed by atoms with Crippen LogP contribution < -0.4 is 0 Å². The van der Waals surface area contributed by atoms with E-state index in [1.165, 1.54) is 0 Å². The van der Waals surface area contributed by atoms with Gasteiger partial charge in [-0.15, -0.1) is 0 Å². The van der Waals surface area contributed by atoms with E-state index in [0.717, 1.165) is 43.5 Å². The first kappa shape index (κ1) is 17.9. The third-order valence-electron chi connectivity index (χ3n) is 6.63. The molecule has 1 unspecified atom stereocenters. The molecule has 5 heteroatoms. The summed E-state index contributed by atoms with van der Waals surface area (Å²) in [7, 11) is 0. The topological polar surface area (TPSA) is 40.5 Å². The van der Waals surface area contributed by atoms with Crippen LogP contribution in [0.25, 0.3) is 0 Å². The quantitative estimate of drug-likeness (QED) is 0.875. The molecule has 2 saturated carbocycles. The highest BCUT2D eigenvalue weighted by Crippen LogP contribution is 2.53. The largest absolute Gasteiger partial charge is 0.390 e. The van der Waals surface area contributed by atoms with Crippen LogP contribution in [0.2, 0.25) is 0 Å². The van der Waals surface area contributed by atoms with Gasteiger partial charge in [-0.2, -0.15) is 0 Å². The second-order valence-corrected chi connectivity index (χ2v) is 9.21. The van der Waals surface area contributed by atoms with Crippen LogP contribution in [-0.2, 0) is 4.79 Å². The summed E-state index contributed by atoms with van der Waals surface area (Å²) < 4.78 is 26.2. The zero-order valence-electron chi connectivity index (χ0n) is 15.5. The average Bonchev–Trinajstić information content (AvgIpc) is 2.95. The number of aryl methyl sites for hydroxylation is 1. The molecule has 0 radical (unpaired) electrons. The van der Waals surface area contributed by atoms with Gasteiger partial charge in [-0.1, -0.05) is 17.7 Å². The van der Waals surface area contributed by atoms with E-state index in [1.807, 2.05) is 17.9 Å². The van der Waals surface area contributed by atoms with Crippen molar-refractivity contribution in [3.63, 3.8) is 0 Å². The molecule has 26 heavy (non-hydrogen) atoms. The van der Waals surface area contributed by atoms with E-state index in [0.29, 0.717) is 18.8 Å². The molecule has 3 fully saturated rings. The van der Waals surface area contributed by atoms with E-state index in [4.69, 9.17) is 0 Å². The molecule has 1 saturated heterocycles. The first-order valence-corrected chi connectivity index (χ1v) is 9.57. The maximum atomic E-state index is 13.1. The molecule has 1 N–H and O–H groups in total. The van der Waals surface area contributed by atoms with E-state index in [2.05, 4.69) is 0 Å². The number of hydrogen-bond donors (Lipinski definition) is 1. The molecule has 1 aliphatic heterocycles. The zero-order valence-corrected chi connectivity index (χ0v) is 15.5. The number of likely N-dealkylation sites (tertiary alicyclic amines) is 1. The van der Waals surface area contributed by atoms with Gasteiger partial charge in [0.2, 0.25) is 5.91 Å². The van der Waals surface area contributed by atoms with E-state index in [1.54, 1.807) is 19.1 Å². The molecule has 1 amide bonds. The van der Waals surface area contributed by atoms with Crippen molar-refractivity contribution in [1.29, 1.82) is 0 Å². The average molecular weight is 363 g/mol. The Morgan fingerprint density at radius 3 is 2.54 bits per heavy atom. The van der Waals surface area contributed by atoms with E-state index in [9.17, 15) is 18.7 Å². The van der Waals surface area contributed by atoms with Crippen LogP contribution in [0.15, 0.2) is 18.2 Å². The predicted molar refractivity (Wildman–Crippen MR) is 95.1 cm³/mol. The lowest BCUT2D eigenvalue weighted by atomic mass is 9.69. The van der Waals surface area contributed by atoms with Gasteiger partial charge in [0.05, 0.1) is 5.60 Å². The van der Waals surface area contributed by atoms with Gasteiger partial charge < -0.3 is 10.0 Å². The van der Waals surface area contributed by atoms with Crippen LogP contribution in [0.4, 0.5) is 8.78 Å². The number of benzene rings is 1. The van der Waals surface area contributed by atoms with Crippen molar-refractivity contribution < 1.29 is 18.7 Å². The Balaban J connectivity index is 1.37. The van der Waals surface area contributed by atoms with Crippen molar-refractivity contribution in [3.8, 4) is 0 Å². The van der Waals surface area contributed by atoms with Crippen molar-refractivity contribution >= 4 is 5.91 Å². The fraction of sp³-hybridized carbons (Fsp3) is 0.667. The summed E-state index contributed by atoms with van der Waals surface area (Å²) in [5, 5.41) is 9.83. The van der Waals surface area contributed by atoms with Gasteiger partial charge in [0, 0.05) is 30.0 Å². The highest BCUT2D eigenvalue weighted by molar-refractivity contribution is 5.81. The molecular formula is C21H27F2NO2. The number of nitrogens with zero attached hydrogens (tertiary/aromatic N) is 1. The first-order valence-electron chi connectivity index (χ1n) is 9.57. The van der Waals surface area contributed by atoms with E-state index >= 15 is 0 Å². The fourth-order valence-electron chi connectivity index (χ4n) is 5.34. The molecule has 1 aromatic carbocycles. The lowest BCUT2D eigenvalue weighted by Gasteiger charge is -2.52. The highest BCUT2D eigenvalue weighted by atomic mass is 19.3. The second-order valence-electron chi connectivity index (χ2n) is 9.21. The number of rotatable bonds is 3. The van der Waals surface area contributed by atoms with Crippen LogP contribution >= 0.6 is 0 Å². The van der Waals surface area contributed by atoms with Crippen molar-refractivity contribution in [3.05, 3.63) is 34.9 Å². The zero-order chi connectivity index (χ0) is 18.7. The molecule has 0 aromatic heterocycles. The Labute approximate surface area is 153 Å². The van der Waals surface area contributed by atoms with Gasteiger partial charge in [0.15, 0.2) is 0 Å². The molecule has 0 bridgehead atoms. The van der Waals surface area contributed by atoms with Crippen molar-refractivity contribution in [2.75, 3.05) is 13.1 Å². The summed E-state index contributed by atoms with van der Waals surface area (Å²) in [6.07, 6.45) is 1.75. The normalized spacial score (nSPS) is 32.6. The summed E-state index contributed by atoms with van der Waals surface area (Å²) in [5.41, 5.74) is 1.53. The standard InChI is InChI=1S/C21H27F2NO2/c1-13-5-15(7-16(6-13)18(22)23)14-3-4-21(10-14)11-24(12-21)19(25)17-8-20(2,26)9-17/h5-7,14,17-18,26H,3-4,8-12H2,1-2H3. The SMILES string of the molecule is Cc1cc(C(F)F)cc(C2CCC3(C2)CN(C(=O)C2CC(C)(O)C2)C3)c1. The number of amides is 1. The van der Waals surface area contributed by atoms with Gasteiger partial charge in [-0.3, -0.25) is 4.79 Å². The minimum atomic E-state index is -2.43. The van der Waals surface area contributed by atoms with E-state index < -0.39 is 12.0 Å². The molecule has 1 spiro atoms. The van der Waals surface area contributed by atoms with Crippen molar-refractivity contribution in [2.45, 2.75) is 63.9 Å². The van der Waals surface area contributed by atoms with Crippen LogP contribution in [0.3, 0.4) is 0 Å². The van der Waals surface area contributed by atoms with Crippen LogP contribution in [-0.4, -0.2) is 34.6 Å².